The number of piperidine rings is 1. The fourth-order valence-electron chi connectivity index (χ4n) is 2.73. The highest BCUT2D eigenvalue weighted by Gasteiger charge is 2.41. The maximum absolute atomic E-state index is 12.1. The number of nitrogens with zero attached hydrogens (tertiary/aromatic N) is 1. The first-order chi connectivity index (χ1) is 8.05. The molecule has 2 fully saturated rings. The van der Waals surface area contributed by atoms with Crippen LogP contribution in [0.3, 0.4) is 0 Å². The third kappa shape index (κ3) is 2.63. The SMILES string of the molecule is CCN1CCC(NC(=O)C2(C)CCC2)C(O)C1. The van der Waals surface area contributed by atoms with Crippen LogP contribution in [0.1, 0.15) is 39.5 Å². The van der Waals surface area contributed by atoms with E-state index in [0.717, 1.165) is 38.8 Å². The third-order valence-electron chi connectivity index (χ3n) is 4.44. The van der Waals surface area contributed by atoms with E-state index in [0.29, 0.717) is 6.54 Å². The fraction of sp³-hybridized carbons (Fsp3) is 0.923. The summed E-state index contributed by atoms with van der Waals surface area (Å²) in [7, 11) is 0. The number of carbonyl (C=O) groups is 1. The van der Waals surface area contributed by atoms with Gasteiger partial charge < -0.3 is 15.3 Å². The Morgan fingerprint density at radius 3 is 2.71 bits per heavy atom. The van der Waals surface area contributed by atoms with Crippen molar-refractivity contribution in [2.45, 2.75) is 51.7 Å². The molecule has 0 radical (unpaired) electrons. The minimum absolute atomic E-state index is 0.0530. The molecule has 2 atom stereocenters. The number of aliphatic hydroxyl groups is 1. The van der Waals surface area contributed by atoms with Crippen LogP contribution in [-0.2, 0) is 4.79 Å². The monoisotopic (exact) mass is 240 g/mol. The largest absolute Gasteiger partial charge is 0.390 e. The Morgan fingerprint density at radius 2 is 2.24 bits per heavy atom. The summed E-state index contributed by atoms with van der Waals surface area (Å²) >= 11 is 0. The van der Waals surface area contributed by atoms with Crippen molar-refractivity contribution in [1.82, 2.24) is 10.2 Å². The normalized spacial score (nSPS) is 32.9. The van der Waals surface area contributed by atoms with E-state index in [2.05, 4.69) is 17.1 Å². The minimum atomic E-state index is -0.420. The Bertz CT molecular complexity index is 289. The van der Waals surface area contributed by atoms with E-state index in [1.807, 2.05) is 6.92 Å². The van der Waals surface area contributed by atoms with Crippen LogP contribution in [0.25, 0.3) is 0 Å². The van der Waals surface area contributed by atoms with Crippen molar-refractivity contribution in [2.75, 3.05) is 19.6 Å². The molecule has 1 aliphatic heterocycles. The number of hydrogen-bond donors (Lipinski definition) is 2. The van der Waals surface area contributed by atoms with E-state index in [4.69, 9.17) is 0 Å². The van der Waals surface area contributed by atoms with Crippen molar-refractivity contribution < 1.29 is 9.90 Å². The number of aliphatic hydroxyl groups excluding tert-OH is 1. The van der Waals surface area contributed by atoms with Crippen molar-refractivity contribution in [2.24, 2.45) is 5.41 Å². The second-order valence-corrected chi connectivity index (χ2v) is 5.74. The first-order valence-electron chi connectivity index (χ1n) is 6.76. The lowest BCUT2D eigenvalue weighted by molar-refractivity contribution is -0.136. The van der Waals surface area contributed by atoms with Gasteiger partial charge in [0.05, 0.1) is 12.1 Å². The molecule has 17 heavy (non-hydrogen) atoms. The van der Waals surface area contributed by atoms with Gasteiger partial charge in [0.25, 0.3) is 0 Å². The lowest BCUT2D eigenvalue weighted by Crippen LogP contribution is -2.57. The lowest BCUT2D eigenvalue weighted by atomic mass is 9.69. The Kier molecular flexibility index (Phi) is 3.73. The van der Waals surface area contributed by atoms with Crippen LogP contribution >= 0.6 is 0 Å². The van der Waals surface area contributed by atoms with Crippen LogP contribution in [0.15, 0.2) is 0 Å². The van der Waals surface area contributed by atoms with E-state index in [1.165, 1.54) is 0 Å². The molecule has 1 saturated carbocycles. The second kappa shape index (κ2) is 4.94. The van der Waals surface area contributed by atoms with Crippen LogP contribution in [0.4, 0.5) is 0 Å². The van der Waals surface area contributed by atoms with Gasteiger partial charge in [-0.2, -0.15) is 0 Å². The van der Waals surface area contributed by atoms with E-state index < -0.39 is 6.10 Å². The van der Waals surface area contributed by atoms with E-state index in [-0.39, 0.29) is 17.4 Å². The Morgan fingerprint density at radius 1 is 1.53 bits per heavy atom. The lowest BCUT2D eigenvalue weighted by Gasteiger charge is -2.41. The van der Waals surface area contributed by atoms with Gasteiger partial charge in [0.2, 0.25) is 5.91 Å². The number of amides is 1. The van der Waals surface area contributed by atoms with Gasteiger partial charge in [-0.25, -0.2) is 0 Å². The van der Waals surface area contributed by atoms with Crippen molar-refractivity contribution in [3.05, 3.63) is 0 Å². The quantitative estimate of drug-likeness (QED) is 0.765. The van der Waals surface area contributed by atoms with Crippen LogP contribution in [0.2, 0.25) is 0 Å². The highest BCUT2D eigenvalue weighted by molar-refractivity contribution is 5.83. The molecule has 2 N–H and O–H groups in total. The summed E-state index contributed by atoms with van der Waals surface area (Å²) in [5, 5.41) is 13.1. The molecule has 1 aliphatic carbocycles. The minimum Gasteiger partial charge on any atom is -0.390 e. The number of hydrogen-bond acceptors (Lipinski definition) is 3. The first kappa shape index (κ1) is 12.8. The number of rotatable bonds is 3. The van der Waals surface area contributed by atoms with Gasteiger partial charge in [0.1, 0.15) is 0 Å². The Labute approximate surface area is 103 Å². The highest BCUT2D eigenvalue weighted by atomic mass is 16.3. The molecule has 2 rings (SSSR count). The highest BCUT2D eigenvalue weighted by Crippen LogP contribution is 2.40. The molecule has 2 unspecified atom stereocenters. The molecule has 0 spiro atoms. The summed E-state index contributed by atoms with van der Waals surface area (Å²) < 4.78 is 0. The van der Waals surface area contributed by atoms with Gasteiger partial charge in [0.15, 0.2) is 0 Å². The van der Waals surface area contributed by atoms with Crippen molar-refractivity contribution in [3.8, 4) is 0 Å². The average Bonchev–Trinajstić information content (AvgIpc) is 2.28. The number of likely N-dealkylation sites (N-methyl/N-ethyl adjacent to an activating group) is 1. The summed E-state index contributed by atoms with van der Waals surface area (Å²) in [6.45, 7) is 6.74. The van der Waals surface area contributed by atoms with Crippen molar-refractivity contribution in [1.29, 1.82) is 0 Å². The molecular weight excluding hydrogens is 216 g/mol. The predicted molar refractivity (Wildman–Crippen MR) is 66.6 cm³/mol. The van der Waals surface area contributed by atoms with Crippen molar-refractivity contribution >= 4 is 5.91 Å². The zero-order chi connectivity index (χ0) is 12.5. The van der Waals surface area contributed by atoms with Crippen LogP contribution < -0.4 is 5.32 Å². The molecule has 0 aromatic heterocycles. The first-order valence-corrected chi connectivity index (χ1v) is 6.76. The molecule has 1 heterocycles. The number of likely N-dealkylation sites (tertiary alicyclic amines) is 1. The topological polar surface area (TPSA) is 52.6 Å². The molecule has 1 amide bonds. The molecule has 0 bridgehead atoms. The third-order valence-corrected chi connectivity index (χ3v) is 4.44. The molecule has 0 aromatic carbocycles. The van der Waals surface area contributed by atoms with Crippen LogP contribution in [-0.4, -0.2) is 47.7 Å². The molecule has 98 valence electrons. The predicted octanol–water partition coefficient (Wildman–Crippen LogP) is 0.748. The van der Waals surface area contributed by atoms with E-state index >= 15 is 0 Å². The zero-order valence-electron chi connectivity index (χ0n) is 10.9. The van der Waals surface area contributed by atoms with Crippen LogP contribution in [0, 0.1) is 5.41 Å². The Balaban J connectivity index is 1.85. The Hall–Kier alpha value is -0.610. The molecule has 4 heteroatoms. The van der Waals surface area contributed by atoms with Crippen molar-refractivity contribution in [3.63, 3.8) is 0 Å². The van der Waals surface area contributed by atoms with Gasteiger partial charge in [-0.1, -0.05) is 20.3 Å². The number of carbonyl (C=O) groups excluding carboxylic acids is 1. The van der Waals surface area contributed by atoms with Gasteiger partial charge in [0, 0.05) is 18.5 Å². The standard InChI is InChI=1S/C13H24N2O2/c1-3-15-8-5-10(11(16)9-15)14-12(17)13(2)6-4-7-13/h10-11,16H,3-9H2,1-2H3,(H,14,17). The van der Waals surface area contributed by atoms with E-state index in [9.17, 15) is 9.90 Å². The average molecular weight is 240 g/mol. The number of nitrogens with one attached hydrogen (secondary N) is 1. The maximum Gasteiger partial charge on any atom is 0.226 e. The van der Waals surface area contributed by atoms with Gasteiger partial charge in [-0.15, -0.1) is 0 Å². The smallest absolute Gasteiger partial charge is 0.226 e. The summed E-state index contributed by atoms with van der Waals surface area (Å²) in [6.07, 6.45) is 3.57. The number of β-amino-alcohol motifs (C(OH)–C–C–N with tert-alkyl or cyclic N) is 1. The molecule has 0 aromatic rings. The second-order valence-electron chi connectivity index (χ2n) is 5.74. The summed E-state index contributed by atoms with van der Waals surface area (Å²) in [6, 6.07) is -0.0530. The zero-order valence-corrected chi connectivity index (χ0v) is 10.9. The summed E-state index contributed by atoms with van der Waals surface area (Å²) in [5.41, 5.74) is -0.165. The molecule has 2 aliphatic rings. The molecular formula is C13H24N2O2. The summed E-state index contributed by atoms with van der Waals surface area (Å²) in [4.78, 5) is 14.3. The van der Waals surface area contributed by atoms with Gasteiger partial charge >= 0.3 is 0 Å². The summed E-state index contributed by atoms with van der Waals surface area (Å²) in [5.74, 6) is 0.137. The maximum atomic E-state index is 12.1. The molecule has 4 nitrogen and oxygen atoms in total. The van der Waals surface area contributed by atoms with Gasteiger partial charge in [-0.3, -0.25) is 4.79 Å². The van der Waals surface area contributed by atoms with Crippen LogP contribution in [0.5, 0.6) is 0 Å². The van der Waals surface area contributed by atoms with Gasteiger partial charge in [-0.05, 0) is 25.8 Å². The molecule has 1 saturated heterocycles. The fourth-order valence-corrected chi connectivity index (χ4v) is 2.73. The van der Waals surface area contributed by atoms with E-state index in [1.54, 1.807) is 0 Å².